The molecule has 0 spiro atoms. The van der Waals surface area contributed by atoms with Gasteiger partial charge >= 0.3 is 0 Å². The third-order valence-corrected chi connectivity index (χ3v) is 7.35. The van der Waals surface area contributed by atoms with Gasteiger partial charge in [-0.05, 0) is 44.8 Å². The molecule has 0 radical (unpaired) electrons. The van der Waals surface area contributed by atoms with Crippen LogP contribution in [0.2, 0.25) is 0 Å². The molecular weight excluding hydrogens is 546 g/mol. The second-order valence-electron chi connectivity index (χ2n) is 9.85. The molecule has 4 aromatic rings. The van der Waals surface area contributed by atoms with Gasteiger partial charge in [0, 0.05) is 50.1 Å². The Balaban J connectivity index is 1.36. The highest BCUT2D eigenvalue weighted by atomic mass is 32.2. The van der Waals surface area contributed by atoms with E-state index in [1.54, 1.807) is 35.2 Å². The zero-order chi connectivity index (χ0) is 29.0. The van der Waals surface area contributed by atoms with Gasteiger partial charge in [0.05, 0.1) is 0 Å². The van der Waals surface area contributed by atoms with Crippen LogP contribution in [0.5, 0.6) is 23.0 Å². The number of fused-ring (bicyclic) bond motifs is 1. The third kappa shape index (κ3) is 6.82. The summed E-state index contributed by atoms with van der Waals surface area (Å²) in [6.07, 6.45) is 5.70. The Kier molecular flexibility index (Phi) is 8.19. The van der Waals surface area contributed by atoms with E-state index in [0.29, 0.717) is 48.0 Å². The molecule has 214 valence electrons. The Hall–Kier alpha value is -4.46. The molecule has 41 heavy (non-hydrogen) atoms. The zero-order valence-electron chi connectivity index (χ0n) is 22.6. The van der Waals surface area contributed by atoms with E-state index in [9.17, 15) is 13.2 Å². The van der Waals surface area contributed by atoms with E-state index in [0.717, 1.165) is 6.42 Å². The number of H-pyrrole nitrogens is 1. The fourth-order valence-electron chi connectivity index (χ4n) is 4.45. The van der Waals surface area contributed by atoms with Crippen molar-refractivity contribution < 1.29 is 22.7 Å². The van der Waals surface area contributed by atoms with Crippen molar-refractivity contribution in [2.24, 2.45) is 5.14 Å². The summed E-state index contributed by atoms with van der Waals surface area (Å²) in [5.74, 6) is 1.62. The van der Waals surface area contributed by atoms with Gasteiger partial charge in [-0.1, -0.05) is 24.3 Å². The highest BCUT2D eigenvalue weighted by Crippen LogP contribution is 2.37. The van der Waals surface area contributed by atoms with Crippen LogP contribution in [0.15, 0.2) is 77.8 Å². The monoisotopic (exact) mass is 577 g/mol. The van der Waals surface area contributed by atoms with Gasteiger partial charge < -0.3 is 24.6 Å². The van der Waals surface area contributed by atoms with Gasteiger partial charge in [-0.3, -0.25) is 9.89 Å². The Labute approximate surface area is 237 Å². The number of aromatic amines is 1. The van der Waals surface area contributed by atoms with Crippen molar-refractivity contribution >= 4 is 32.8 Å². The number of rotatable bonds is 10. The number of nitrogens with zero attached hydrogens (tertiary/aromatic N) is 4. The number of para-hydroxylation sites is 1. The van der Waals surface area contributed by atoms with Gasteiger partial charge in [0.2, 0.25) is 15.9 Å². The molecule has 5 rings (SSSR count). The van der Waals surface area contributed by atoms with Crippen molar-refractivity contribution in [3.63, 3.8) is 0 Å². The number of sulfonamides is 1. The molecule has 1 atom stereocenters. The summed E-state index contributed by atoms with van der Waals surface area (Å²) in [6, 6.07) is 14.9. The predicted molar refractivity (Wildman–Crippen MR) is 155 cm³/mol. The van der Waals surface area contributed by atoms with Crippen LogP contribution in [0.25, 0.3) is 11.0 Å². The number of nitrogens with one attached hydrogen (secondary N) is 2. The second kappa shape index (κ2) is 12.0. The van der Waals surface area contributed by atoms with Crippen molar-refractivity contribution in [1.82, 2.24) is 25.0 Å². The van der Waals surface area contributed by atoms with E-state index in [1.807, 2.05) is 43.3 Å². The first kappa shape index (κ1) is 28.1. The number of aromatic nitrogens is 3. The number of hydrogen-bond donors (Lipinski definition) is 3. The van der Waals surface area contributed by atoms with Gasteiger partial charge in [0.1, 0.15) is 33.3 Å². The van der Waals surface area contributed by atoms with E-state index < -0.39 is 10.0 Å². The number of carbonyl (C=O) groups is 1. The number of likely N-dealkylation sites (N-methyl/N-ethyl adjacent to an activating group) is 1. The number of amides is 1. The van der Waals surface area contributed by atoms with Gasteiger partial charge in [-0.2, -0.15) is 5.10 Å². The lowest BCUT2D eigenvalue weighted by Gasteiger charge is -2.16. The van der Waals surface area contributed by atoms with Crippen LogP contribution in [-0.4, -0.2) is 79.1 Å². The molecule has 13 heteroatoms. The molecule has 0 unspecified atom stereocenters. The molecule has 4 N–H and O–H groups in total. The van der Waals surface area contributed by atoms with E-state index >= 15 is 0 Å². The fourth-order valence-corrected chi connectivity index (χ4v) is 5.13. The number of likely N-dealkylation sites (tertiary alicyclic amines) is 1. The van der Waals surface area contributed by atoms with Crippen molar-refractivity contribution in [3.05, 3.63) is 72.9 Å². The molecule has 1 saturated heterocycles. The number of anilines is 1. The van der Waals surface area contributed by atoms with Gasteiger partial charge in [0.15, 0.2) is 11.5 Å². The van der Waals surface area contributed by atoms with Crippen molar-refractivity contribution in [1.29, 1.82) is 0 Å². The molecule has 1 aliphatic heterocycles. The lowest BCUT2D eigenvalue weighted by atomic mass is 10.2. The maximum Gasteiger partial charge on any atom is 0.246 e. The number of nitrogens with two attached hydrogens (primary N) is 1. The number of benzene rings is 2. The van der Waals surface area contributed by atoms with E-state index in [4.69, 9.17) is 14.6 Å². The number of hydrogen-bond acceptors (Lipinski definition) is 9. The molecule has 0 saturated carbocycles. The first-order valence-corrected chi connectivity index (χ1v) is 14.5. The molecular formula is C28H31N7O5S. The maximum atomic E-state index is 12.6. The largest absolute Gasteiger partial charge is 0.457 e. The lowest BCUT2D eigenvalue weighted by Crippen LogP contribution is -2.30. The van der Waals surface area contributed by atoms with Crippen molar-refractivity contribution in [2.45, 2.75) is 17.4 Å². The van der Waals surface area contributed by atoms with Gasteiger partial charge in [0.25, 0.3) is 0 Å². The first-order chi connectivity index (χ1) is 19.7. The summed E-state index contributed by atoms with van der Waals surface area (Å²) in [4.78, 5) is 20.4. The number of primary sulfonamides is 1. The lowest BCUT2D eigenvalue weighted by molar-refractivity contribution is -0.125. The molecule has 2 aromatic carbocycles. The SMILES string of the molecule is CN(C)CC=CC(=O)N1CC[C@@H](Nc2n[nH]c3nccc(Oc4ccc(Oc5ccccc5)cc4S(N)(=O)=O)c23)C1. The zero-order valence-corrected chi connectivity index (χ0v) is 23.5. The Bertz CT molecular complexity index is 1670. The summed E-state index contributed by atoms with van der Waals surface area (Å²) in [7, 11) is -0.286. The first-order valence-electron chi connectivity index (χ1n) is 12.9. The fraction of sp³-hybridized carbons (Fsp3) is 0.250. The number of ether oxygens (including phenoxy) is 2. The van der Waals surface area contributed by atoms with E-state index in [-0.39, 0.29) is 28.3 Å². The highest BCUT2D eigenvalue weighted by Gasteiger charge is 2.27. The minimum absolute atomic E-state index is 0.0229. The minimum Gasteiger partial charge on any atom is -0.457 e. The summed E-state index contributed by atoms with van der Waals surface area (Å²) in [5.41, 5.74) is 0.448. The number of carbonyl (C=O) groups excluding carboxylic acids is 1. The molecule has 0 aliphatic carbocycles. The Morgan fingerprint density at radius 2 is 1.95 bits per heavy atom. The molecule has 1 aliphatic rings. The average molecular weight is 578 g/mol. The number of pyridine rings is 1. The topological polar surface area (TPSA) is 156 Å². The molecule has 1 fully saturated rings. The van der Waals surface area contributed by atoms with Crippen LogP contribution in [0, 0.1) is 0 Å². The van der Waals surface area contributed by atoms with Crippen molar-refractivity contribution in [2.75, 3.05) is 39.0 Å². The third-order valence-electron chi connectivity index (χ3n) is 6.42. The highest BCUT2D eigenvalue weighted by molar-refractivity contribution is 7.89. The van der Waals surface area contributed by atoms with Gasteiger partial charge in [-0.15, -0.1) is 0 Å². The summed E-state index contributed by atoms with van der Waals surface area (Å²) < 4.78 is 36.9. The molecule has 2 aromatic heterocycles. The van der Waals surface area contributed by atoms with Crippen LogP contribution in [0.4, 0.5) is 5.82 Å². The Morgan fingerprint density at radius 1 is 1.15 bits per heavy atom. The van der Waals surface area contributed by atoms with Crippen LogP contribution in [0.1, 0.15) is 6.42 Å². The summed E-state index contributed by atoms with van der Waals surface area (Å²) in [6.45, 7) is 1.81. The quantitative estimate of drug-likeness (QED) is 0.241. The van der Waals surface area contributed by atoms with Crippen LogP contribution in [-0.2, 0) is 14.8 Å². The molecule has 1 amide bonds. The average Bonchev–Trinajstić information content (AvgIpc) is 3.57. The normalized spacial score (nSPS) is 15.6. The minimum atomic E-state index is -4.17. The maximum absolute atomic E-state index is 12.6. The van der Waals surface area contributed by atoms with Crippen LogP contribution in [0.3, 0.4) is 0 Å². The molecule has 12 nitrogen and oxygen atoms in total. The molecule has 3 heterocycles. The smallest absolute Gasteiger partial charge is 0.246 e. The Morgan fingerprint density at radius 3 is 2.71 bits per heavy atom. The van der Waals surface area contributed by atoms with Crippen LogP contribution < -0.4 is 19.9 Å². The van der Waals surface area contributed by atoms with Gasteiger partial charge in [-0.25, -0.2) is 18.5 Å². The van der Waals surface area contributed by atoms with E-state index in [2.05, 4.69) is 20.5 Å². The standard InChI is InChI=1S/C28H31N7O5S/c1-34(2)15-6-9-25(36)35-16-13-19(18-35)31-28-26-23(12-14-30-27(26)32-33-28)40-22-11-10-21(17-24(22)41(29,37)38)39-20-7-4-3-5-8-20/h3-12,14,17,19H,13,15-16,18H2,1-2H3,(H2,29,37,38)(H2,30,31,32,33)/t19-/m1/s1. The van der Waals surface area contributed by atoms with Crippen molar-refractivity contribution in [3.8, 4) is 23.0 Å². The summed E-state index contributed by atoms with van der Waals surface area (Å²) >= 11 is 0. The van der Waals surface area contributed by atoms with Crippen LogP contribution >= 0.6 is 0 Å². The second-order valence-corrected chi connectivity index (χ2v) is 11.4. The predicted octanol–water partition coefficient (Wildman–Crippen LogP) is 3.32. The van der Waals surface area contributed by atoms with E-state index in [1.165, 1.54) is 18.3 Å². The molecule has 0 bridgehead atoms. The summed E-state index contributed by atoms with van der Waals surface area (Å²) in [5, 5.41) is 16.7.